The maximum Gasteiger partial charge on any atom is 0.326 e. The van der Waals surface area contributed by atoms with Crippen LogP contribution in [0.1, 0.15) is 25.3 Å². The molecule has 1 atom stereocenters. The van der Waals surface area contributed by atoms with Crippen molar-refractivity contribution in [3.63, 3.8) is 0 Å². The molecule has 1 aromatic carbocycles. The van der Waals surface area contributed by atoms with Gasteiger partial charge >= 0.3 is 5.69 Å². The molecule has 25 heavy (non-hydrogen) atoms. The minimum absolute atomic E-state index is 0.0202. The largest absolute Gasteiger partial charge is 0.342 e. The summed E-state index contributed by atoms with van der Waals surface area (Å²) in [6, 6.07) is 7.66. The zero-order valence-corrected chi connectivity index (χ0v) is 14.7. The van der Waals surface area contributed by atoms with Gasteiger partial charge in [-0.15, -0.1) is 0 Å². The van der Waals surface area contributed by atoms with E-state index in [0.717, 1.165) is 11.0 Å². The quantitative estimate of drug-likeness (QED) is 0.859. The van der Waals surface area contributed by atoms with Gasteiger partial charge in [0.1, 0.15) is 0 Å². The number of likely N-dealkylation sites (tertiary alicyclic amines) is 1. The third kappa shape index (κ3) is 2.99. The Morgan fingerprint density at radius 1 is 1.12 bits per heavy atom. The number of benzene rings is 1. The number of carbonyl (C=O) groups is 1. The number of sulfone groups is 1. The van der Waals surface area contributed by atoms with E-state index in [9.17, 15) is 18.0 Å². The van der Waals surface area contributed by atoms with Crippen molar-refractivity contribution < 1.29 is 13.2 Å². The highest BCUT2D eigenvalue weighted by Crippen LogP contribution is 2.27. The maximum atomic E-state index is 12.5. The lowest BCUT2D eigenvalue weighted by molar-refractivity contribution is -0.136. The highest BCUT2D eigenvalue weighted by atomic mass is 32.2. The molecule has 2 fully saturated rings. The van der Waals surface area contributed by atoms with Crippen molar-refractivity contribution in [2.24, 2.45) is 5.92 Å². The summed E-state index contributed by atoms with van der Waals surface area (Å²) in [5, 5.41) is 0. The molecule has 2 aliphatic heterocycles. The van der Waals surface area contributed by atoms with Gasteiger partial charge < -0.3 is 9.88 Å². The number of nitrogens with one attached hydrogen (secondary N) is 1. The molecule has 0 saturated carbocycles. The predicted octanol–water partition coefficient (Wildman–Crippen LogP) is 0.928. The predicted molar refractivity (Wildman–Crippen MR) is 94.2 cm³/mol. The number of imidazole rings is 1. The van der Waals surface area contributed by atoms with Crippen LogP contribution in [0.4, 0.5) is 0 Å². The molecule has 1 amide bonds. The molecule has 1 N–H and O–H groups in total. The van der Waals surface area contributed by atoms with Gasteiger partial charge in [0.05, 0.1) is 28.5 Å². The number of rotatable bonds is 2. The lowest BCUT2D eigenvalue weighted by atomic mass is 10.0. The molecule has 1 unspecified atom stereocenters. The van der Waals surface area contributed by atoms with Gasteiger partial charge in [-0.25, -0.2) is 13.2 Å². The number of H-pyrrole nitrogens is 1. The third-order valence-corrected chi connectivity index (χ3v) is 7.11. The van der Waals surface area contributed by atoms with Crippen molar-refractivity contribution in [2.75, 3.05) is 24.6 Å². The zero-order chi connectivity index (χ0) is 17.6. The second-order valence-electron chi connectivity index (χ2n) is 6.97. The molecule has 2 aliphatic rings. The highest BCUT2D eigenvalue weighted by molar-refractivity contribution is 7.91. The number of aromatic nitrogens is 2. The Hall–Kier alpha value is -2.09. The van der Waals surface area contributed by atoms with Crippen molar-refractivity contribution in [3.8, 4) is 0 Å². The summed E-state index contributed by atoms with van der Waals surface area (Å²) in [4.78, 5) is 29.5. The molecule has 134 valence electrons. The minimum Gasteiger partial charge on any atom is -0.342 e. The Bertz CT molecular complexity index is 967. The Labute approximate surface area is 145 Å². The summed E-state index contributed by atoms with van der Waals surface area (Å²) in [6.45, 7) is 1.12. The van der Waals surface area contributed by atoms with Crippen LogP contribution >= 0.6 is 0 Å². The molecule has 0 aliphatic carbocycles. The molecular formula is C17H21N3O4S. The normalized spacial score (nSPS) is 24.0. The molecule has 0 radical (unpaired) electrons. The topological polar surface area (TPSA) is 92.2 Å². The van der Waals surface area contributed by atoms with Gasteiger partial charge in [-0.3, -0.25) is 9.36 Å². The van der Waals surface area contributed by atoms with Crippen LogP contribution in [0.5, 0.6) is 0 Å². The number of fused-ring (bicyclic) bond motifs is 1. The van der Waals surface area contributed by atoms with Gasteiger partial charge in [0, 0.05) is 19.1 Å². The van der Waals surface area contributed by atoms with E-state index in [4.69, 9.17) is 0 Å². The molecule has 2 saturated heterocycles. The monoisotopic (exact) mass is 363 g/mol. The van der Waals surface area contributed by atoms with Crippen molar-refractivity contribution in [3.05, 3.63) is 34.7 Å². The molecule has 7 nitrogen and oxygen atoms in total. The fourth-order valence-electron chi connectivity index (χ4n) is 4.03. The third-order valence-electron chi connectivity index (χ3n) is 5.35. The van der Waals surface area contributed by atoms with Crippen molar-refractivity contribution in [1.82, 2.24) is 14.5 Å². The summed E-state index contributed by atoms with van der Waals surface area (Å²) in [7, 11) is -3.05. The van der Waals surface area contributed by atoms with Crippen LogP contribution in [0, 0.1) is 5.92 Å². The van der Waals surface area contributed by atoms with E-state index in [-0.39, 0.29) is 29.1 Å². The van der Waals surface area contributed by atoms with E-state index in [0.29, 0.717) is 32.4 Å². The summed E-state index contributed by atoms with van der Waals surface area (Å²) in [5.74, 6) is -0.346. The minimum atomic E-state index is -3.05. The zero-order valence-electron chi connectivity index (χ0n) is 13.8. The van der Waals surface area contributed by atoms with Crippen LogP contribution < -0.4 is 5.69 Å². The standard InChI is InChI=1S/C17H21N3O4S/c21-16(12-7-10-25(23,24)11-12)19-8-5-13(6-9-19)20-15-4-2-1-3-14(15)18-17(20)22/h1-4,12-13H,5-11H2,(H,18,22). The first-order valence-corrected chi connectivity index (χ1v) is 10.5. The highest BCUT2D eigenvalue weighted by Gasteiger charge is 2.36. The van der Waals surface area contributed by atoms with Gasteiger partial charge in [-0.05, 0) is 31.4 Å². The van der Waals surface area contributed by atoms with Crippen LogP contribution in [0.2, 0.25) is 0 Å². The molecule has 8 heteroatoms. The Kier molecular flexibility index (Phi) is 3.94. The van der Waals surface area contributed by atoms with Crippen LogP contribution in [0.25, 0.3) is 11.0 Å². The van der Waals surface area contributed by atoms with Crippen LogP contribution in [-0.4, -0.2) is 53.4 Å². The molecule has 2 aromatic rings. The summed E-state index contributed by atoms with van der Waals surface area (Å²) >= 11 is 0. The number of piperidine rings is 1. The number of hydrogen-bond acceptors (Lipinski definition) is 4. The van der Waals surface area contributed by atoms with Crippen LogP contribution in [-0.2, 0) is 14.6 Å². The summed E-state index contributed by atoms with van der Waals surface area (Å²) in [5.41, 5.74) is 1.59. The smallest absolute Gasteiger partial charge is 0.326 e. The number of aromatic amines is 1. The van der Waals surface area contributed by atoms with Gasteiger partial charge in [0.25, 0.3) is 0 Å². The molecular weight excluding hydrogens is 342 g/mol. The average molecular weight is 363 g/mol. The van der Waals surface area contributed by atoms with Gasteiger partial charge in [0.15, 0.2) is 9.84 Å². The van der Waals surface area contributed by atoms with Crippen molar-refractivity contribution in [1.29, 1.82) is 0 Å². The first-order chi connectivity index (χ1) is 11.9. The molecule has 0 bridgehead atoms. The van der Waals surface area contributed by atoms with Gasteiger partial charge in [-0.2, -0.15) is 0 Å². The summed E-state index contributed by atoms with van der Waals surface area (Å²) in [6.07, 6.45) is 1.84. The average Bonchev–Trinajstić information content (AvgIpc) is 3.13. The first kappa shape index (κ1) is 16.4. The van der Waals surface area contributed by atoms with Crippen molar-refractivity contribution in [2.45, 2.75) is 25.3 Å². The van der Waals surface area contributed by atoms with Gasteiger partial charge in [0.2, 0.25) is 5.91 Å². The van der Waals surface area contributed by atoms with E-state index < -0.39 is 15.8 Å². The lowest BCUT2D eigenvalue weighted by Gasteiger charge is -2.33. The number of hydrogen-bond donors (Lipinski definition) is 1. The molecule has 1 aromatic heterocycles. The SMILES string of the molecule is O=C(C1CCS(=O)(=O)C1)N1CCC(n2c(=O)[nH]c3ccccc32)CC1. The van der Waals surface area contributed by atoms with E-state index in [1.54, 1.807) is 9.47 Å². The number of amides is 1. The molecule has 0 spiro atoms. The molecule has 3 heterocycles. The Balaban J connectivity index is 1.47. The fraction of sp³-hybridized carbons (Fsp3) is 0.529. The van der Waals surface area contributed by atoms with E-state index in [1.807, 2.05) is 24.3 Å². The van der Waals surface area contributed by atoms with E-state index >= 15 is 0 Å². The maximum absolute atomic E-state index is 12.5. The van der Waals surface area contributed by atoms with Crippen molar-refractivity contribution >= 4 is 26.8 Å². The summed E-state index contributed by atoms with van der Waals surface area (Å²) < 4.78 is 25.0. The second kappa shape index (κ2) is 6.01. The number of nitrogens with zero attached hydrogens (tertiary/aromatic N) is 2. The van der Waals surface area contributed by atoms with E-state index in [1.165, 1.54) is 0 Å². The Morgan fingerprint density at radius 3 is 2.52 bits per heavy atom. The second-order valence-corrected chi connectivity index (χ2v) is 9.20. The fourth-order valence-corrected chi connectivity index (χ4v) is 5.76. The number of carbonyl (C=O) groups excluding carboxylic acids is 1. The number of para-hydroxylation sites is 2. The molecule has 4 rings (SSSR count). The lowest BCUT2D eigenvalue weighted by Crippen LogP contribution is -2.43. The van der Waals surface area contributed by atoms with Gasteiger partial charge in [-0.1, -0.05) is 12.1 Å². The van der Waals surface area contributed by atoms with Crippen LogP contribution in [0.15, 0.2) is 29.1 Å². The van der Waals surface area contributed by atoms with E-state index in [2.05, 4.69) is 4.98 Å². The Morgan fingerprint density at radius 2 is 1.84 bits per heavy atom. The van der Waals surface area contributed by atoms with Crippen LogP contribution in [0.3, 0.4) is 0 Å². The first-order valence-electron chi connectivity index (χ1n) is 8.63.